The van der Waals surface area contributed by atoms with Crippen LogP contribution in [0.25, 0.3) is 16.5 Å². The lowest BCUT2D eigenvalue weighted by molar-refractivity contribution is 0.887. The zero-order chi connectivity index (χ0) is 12.7. The molecule has 1 aromatic carbocycles. The Labute approximate surface area is 113 Å². The molecule has 5 heteroatoms. The highest BCUT2D eigenvalue weighted by atomic mass is 79.9. The van der Waals surface area contributed by atoms with Gasteiger partial charge in [0.05, 0.1) is 16.4 Å². The van der Waals surface area contributed by atoms with Crippen LogP contribution in [0.1, 0.15) is 5.69 Å². The fourth-order valence-electron chi connectivity index (χ4n) is 1.98. The molecular formula is C13H11BrN4. The van der Waals surface area contributed by atoms with Gasteiger partial charge in [-0.1, -0.05) is 0 Å². The minimum atomic E-state index is 0.729. The molecule has 2 N–H and O–H groups in total. The Bertz CT molecular complexity index is 733. The first-order chi connectivity index (χ1) is 8.65. The van der Waals surface area contributed by atoms with Gasteiger partial charge in [-0.15, -0.1) is 0 Å². The summed E-state index contributed by atoms with van der Waals surface area (Å²) in [5.41, 5.74) is 8.66. The normalized spacial score (nSPS) is 11.0. The van der Waals surface area contributed by atoms with E-state index in [1.807, 2.05) is 42.2 Å². The third-order valence-corrected chi connectivity index (χ3v) is 3.26. The van der Waals surface area contributed by atoms with E-state index >= 15 is 0 Å². The highest BCUT2D eigenvalue weighted by Crippen LogP contribution is 2.27. The van der Waals surface area contributed by atoms with Crippen molar-refractivity contribution in [2.24, 2.45) is 0 Å². The average molecular weight is 303 g/mol. The first kappa shape index (κ1) is 11.2. The maximum absolute atomic E-state index is 5.98. The third kappa shape index (κ3) is 1.76. The molecule has 3 aromatic rings. The monoisotopic (exact) mass is 302 g/mol. The summed E-state index contributed by atoms with van der Waals surface area (Å²) in [6.45, 7) is 1.96. The Hall–Kier alpha value is -1.88. The van der Waals surface area contributed by atoms with Crippen molar-refractivity contribution in [2.45, 2.75) is 6.92 Å². The van der Waals surface area contributed by atoms with Gasteiger partial charge in [-0.05, 0) is 41.1 Å². The Morgan fingerprint density at radius 1 is 1.22 bits per heavy atom. The molecule has 0 aliphatic carbocycles. The molecule has 0 bridgehead atoms. The van der Waals surface area contributed by atoms with Crippen LogP contribution in [-0.2, 0) is 0 Å². The molecule has 0 fully saturated rings. The van der Waals surface area contributed by atoms with Gasteiger partial charge in [-0.2, -0.15) is 5.10 Å². The standard InChI is InChI=1S/C13H11BrN4/c1-8-4-10-11(6-16-8)12(15)2-3-13(10)18-7-9(14)5-17-18/h2-7H,15H2,1H3. The first-order valence-corrected chi connectivity index (χ1v) is 6.30. The second-order valence-corrected chi connectivity index (χ2v) is 5.06. The lowest BCUT2D eigenvalue weighted by atomic mass is 10.1. The largest absolute Gasteiger partial charge is 0.398 e. The highest BCUT2D eigenvalue weighted by molar-refractivity contribution is 9.10. The SMILES string of the molecule is Cc1cc2c(-n3cc(Br)cn3)ccc(N)c2cn1. The van der Waals surface area contributed by atoms with Crippen molar-refractivity contribution < 1.29 is 0 Å². The lowest BCUT2D eigenvalue weighted by Crippen LogP contribution is -1.98. The average Bonchev–Trinajstić information content (AvgIpc) is 2.76. The molecule has 90 valence electrons. The van der Waals surface area contributed by atoms with Gasteiger partial charge in [0.25, 0.3) is 0 Å². The van der Waals surface area contributed by atoms with Gasteiger partial charge in [0.1, 0.15) is 0 Å². The molecule has 0 radical (unpaired) electrons. The molecule has 0 unspecified atom stereocenters. The van der Waals surface area contributed by atoms with Crippen molar-refractivity contribution in [3.63, 3.8) is 0 Å². The molecule has 0 atom stereocenters. The Kier molecular flexibility index (Phi) is 2.56. The van der Waals surface area contributed by atoms with E-state index in [0.717, 1.165) is 32.3 Å². The van der Waals surface area contributed by atoms with Gasteiger partial charge in [0, 0.05) is 34.5 Å². The predicted octanol–water partition coefficient (Wildman–Crippen LogP) is 3.07. The van der Waals surface area contributed by atoms with E-state index in [9.17, 15) is 0 Å². The van der Waals surface area contributed by atoms with Gasteiger partial charge >= 0.3 is 0 Å². The van der Waals surface area contributed by atoms with E-state index in [-0.39, 0.29) is 0 Å². The maximum Gasteiger partial charge on any atom is 0.0727 e. The van der Waals surface area contributed by atoms with Gasteiger partial charge in [0.2, 0.25) is 0 Å². The molecule has 2 heterocycles. The number of fused-ring (bicyclic) bond motifs is 1. The number of hydrogen-bond donors (Lipinski definition) is 1. The summed E-state index contributed by atoms with van der Waals surface area (Å²) in [7, 11) is 0. The second kappa shape index (κ2) is 4.10. The molecule has 2 aromatic heterocycles. The van der Waals surface area contributed by atoms with Crippen LogP contribution in [0.3, 0.4) is 0 Å². The molecule has 3 rings (SSSR count). The summed E-state index contributed by atoms with van der Waals surface area (Å²) in [6.07, 6.45) is 5.49. The summed E-state index contributed by atoms with van der Waals surface area (Å²) in [5.74, 6) is 0. The molecule has 0 aliphatic rings. The van der Waals surface area contributed by atoms with Crippen LogP contribution in [0.15, 0.2) is 41.3 Å². The number of nitrogens with two attached hydrogens (primary N) is 1. The molecule has 0 amide bonds. The Morgan fingerprint density at radius 2 is 2.06 bits per heavy atom. The first-order valence-electron chi connectivity index (χ1n) is 5.50. The Balaban J connectivity index is 2.36. The van der Waals surface area contributed by atoms with Crippen molar-refractivity contribution in [2.75, 3.05) is 5.73 Å². The number of rotatable bonds is 1. The molecule has 4 nitrogen and oxygen atoms in total. The zero-order valence-corrected chi connectivity index (χ0v) is 11.3. The van der Waals surface area contributed by atoms with Crippen molar-refractivity contribution in [1.29, 1.82) is 0 Å². The fourth-order valence-corrected chi connectivity index (χ4v) is 2.27. The fraction of sp³-hybridized carbons (Fsp3) is 0.0769. The summed E-state index contributed by atoms with van der Waals surface area (Å²) in [6, 6.07) is 5.87. The van der Waals surface area contributed by atoms with E-state index < -0.39 is 0 Å². The van der Waals surface area contributed by atoms with E-state index in [1.165, 1.54) is 0 Å². The number of benzene rings is 1. The minimum absolute atomic E-state index is 0.729. The maximum atomic E-state index is 5.98. The van der Waals surface area contributed by atoms with Crippen molar-refractivity contribution >= 4 is 32.4 Å². The quantitative estimate of drug-likeness (QED) is 0.703. The van der Waals surface area contributed by atoms with Crippen LogP contribution < -0.4 is 5.73 Å². The molecule has 0 aliphatic heterocycles. The van der Waals surface area contributed by atoms with Crippen LogP contribution in [0.5, 0.6) is 0 Å². The number of aryl methyl sites for hydroxylation is 1. The number of nitrogen functional groups attached to an aromatic ring is 1. The summed E-state index contributed by atoms with van der Waals surface area (Å²) in [5, 5.41) is 6.31. The molecule has 18 heavy (non-hydrogen) atoms. The molecule has 0 saturated carbocycles. The van der Waals surface area contributed by atoms with Crippen LogP contribution in [-0.4, -0.2) is 14.8 Å². The minimum Gasteiger partial charge on any atom is -0.398 e. The predicted molar refractivity (Wildman–Crippen MR) is 75.7 cm³/mol. The highest BCUT2D eigenvalue weighted by Gasteiger charge is 2.08. The van der Waals surface area contributed by atoms with E-state index in [1.54, 1.807) is 6.20 Å². The molecule has 0 saturated heterocycles. The number of halogens is 1. The number of nitrogens with zero attached hydrogens (tertiary/aromatic N) is 3. The lowest BCUT2D eigenvalue weighted by Gasteiger charge is -2.09. The van der Waals surface area contributed by atoms with Gasteiger partial charge in [-0.25, -0.2) is 4.68 Å². The number of aromatic nitrogens is 3. The topological polar surface area (TPSA) is 56.7 Å². The van der Waals surface area contributed by atoms with E-state index in [2.05, 4.69) is 26.0 Å². The third-order valence-electron chi connectivity index (χ3n) is 2.85. The van der Waals surface area contributed by atoms with Crippen LogP contribution in [0.2, 0.25) is 0 Å². The van der Waals surface area contributed by atoms with E-state index in [0.29, 0.717) is 0 Å². The Morgan fingerprint density at radius 3 is 2.78 bits per heavy atom. The van der Waals surface area contributed by atoms with Gasteiger partial charge in [-0.3, -0.25) is 4.98 Å². The second-order valence-electron chi connectivity index (χ2n) is 4.15. The van der Waals surface area contributed by atoms with Crippen LogP contribution >= 0.6 is 15.9 Å². The van der Waals surface area contributed by atoms with Gasteiger partial charge in [0.15, 0.2) is 0 Å². The molecular weight excluding hydrogens is 292 g/mol. The smallest absolute Gasteiger partial charge is 0.0727 e. The number of pyridine rings is 1. The van der Waals surface area contributed by atoms with Crippen molar-refractivity contribution in [3.05, 3.63) is 47.0 Å². The summed E-state index contributed by atoms with van der Waals surface area (Å²) < 4.78 is 2.77. The van der Waals surface area contributed by atoms with Crippen LogP contribution in [0.4, 0.5) is 5.69 Å². The number of hydrogen-bond acceptors (Lipinski definition) is 3. The summed E-state index contributed by atoms with van der Waals surface area (Å²) in [4.78, 5) is 4.29. The van der Waals surface area contributed by atoms with E-state index in [4.69, 9.17) is 5.73 Å². The molecule has 0 spiro atoms. The number of anilines is 1. The summed E-state index contributed by atoms with van der Waals surface area (Å²) >= 11 is 3.40. The van der Waals surface area contributed by atoms with Crippen LogP contribution in [0, 0.1) is 6.92 Å². The van der Waals surface area contributed by atoms with Crippen molar-refractivity contribution in [3.8, 4) is 5.69 Å². The van der Waals surface area contributed by atoms with Gasteiger partial charge < -0.3 is 5.73 Å². The zero-order valence-electron chi connectivity index (χ0n) is 9.76. The van der Waals surface area contributed by atoms with Crippen molar-refractivity contribution in [1.82, 2.24) is 14.8 Å².